The molecular formula is C10H17N4O5-. The van der Waals surface area contributed by atoms with Gasteiger partial charge in [-0.2, -0.15) is 0 Å². The lowest BCUT2D eigenvalue weighted by Crippen LogP contribution is -2.78. The van der Waals surface area contributed by atoms with Gasteiger partial charge in [-0.3, -0.25) is 21.3 Å². The van der Waals surface area contributed by atoms with E-state index in [1.54, 1.807) is 0 Å². The third-order valence-corrected chi connectivity index (χ3v) is 2.17. The first-order chi connectivity index (χ1) is 8.82. The van der Waals surface area contributed by atoms with Crippen LogP contribution >= 0.6 is 0 Å². The van der Waals surface area contributed by atoms with Crippen LogP contribution < -0.4 is 32.0 Å². The molecule has 6 N–H and O–H groups in total. The highest BCUT2D eigenvalue weighted by molar-refractivity contribution is 5.84. The molecule has 0 unspecified atom stereocenters. The number of nitrogens with one attached hydrogen (secondary N) is 2. The normalized spacial score (nSPS) is 11.4. The Morgan fingerprint density at radius 1 is 1.16 bits per heavy atom. The number of guanidine groups is 1. The number of carboxylic acids is 2. The zero-order valence-electron chi connectivity index (χ0n) is 10.3. The van der Waals surface area contributed by atoms with Gasteiger partial charge in [0.05, 0.1) is 18.6 Å². The monoisotopic (exact) mass is 273 g/mol. The molecule has 0 aromatic heterocycles. The van der Waals surface area contributed by atoms with Crippen molar-refractivity contribution in [1.29, 1.82) is 0 Å². The minimum atomic E-state index is -1.44. The average Bonchev–Trinajstić information content (AvgIpc) is 2.29. The number of amides is 1. The largest absolute Gasteiger partial charge is 0.550 e. The Balaban J connectivity index is 4.11. The van der Waals surface area contributed by atoms with E-state index in [1.165, 1.54) is 0 Å². The Bertz CT molecular complexity index is 365. The molecule has 9 nitrogen and oxygen atoms in total. The van der Waals surface area contributed by atoms with E-state index in [0.717, 1.165) is 0 Å². The van der Waals surface area contributed by atoms with Crippen LogP contribution in [0.4, 0.5) is 0 Å². The summed E-state index contributed by atoms with van der Waals surface area (Å²) in [5.41, 5.74) is 10.3. The van der Waals surface area contributed by atoms with Crippen molar-refractivity contribution >= 4 is 23.8 Å². The smallest absolute Gasteiger partial charge is 0.338 e. The number of carbonyl (C=O) groups excluding carboxylic acids is 3. The Morgan fingerprint density at radius 3 is 2.26 bits per heavy atom. The number of hydrogen-bond acceptors (Lipinski definition) is 5. The molecule has 0 heterocycles. The Labute approximate surface area is 109 Å². The zero-order chi connectivity index (χ0) is 14.8. The summed E-state index contributed by atoms with van der Waals surface area (Å²) in [6.45, 7) is 0.348. The molecule has 108 valence electrons. The van der Waals surface area contributed by atoms with Crippen LogP contribution in [0, 0.1) is 0 Å². The molecule has 0 aliphatic carbocycles. The fourth-order valence-corrected chi connectivity index (χ4v) is 1.27. The van der Waals surface area contributed by atoms with Gasteiger partial charge in [0.2, 0.25) is 5.91 Å². The van der Waals surface area contributed by atoms with Crippen LogP contribution in [-0.4, -0.2) is 36.4 Å². The van der Waals surface area contributed by atoms with E-state index in [1.807, 2.05) is 0 Å². The molecule has 0 aromatic rings. The molecule has 0 aromatic carbocycles. The average molecular weight is 273 g/mol. The molecule has 0 bridgehead atoms. The third kappa shape index (κ3) is 9.39. The molecule has 0 saturated carbocycles. The van der Waals surface area contributed by atoms with Gasteiger partial charge in [0, 0.05) is 12.4 Å². The van der Waals surface area contributed by atoms with Crippen molar-refractivity contribution in [1.82, 2.24) is 5.32 Å². The lowest BCUT2D eigenvalue weighted by molar-refractivity contribution is -0.459. The fraction of sp³-hybridized carbons (Fsp3) is 0.600. The summed E-state index contributed by atoms with van der Waals surface area (Å²) >= 11 is 0. The second-order valence-corrected chi connectivity index (χ2v) is 3.84. The highest BCUT2D eigenvalue weighted by Gasteiger charge is 2.13. The zero-order valence-corrected chi connectivity index (χ0v) is 10.3. The van der Waals surface area contributed by atoms with Gasteiger partial charge in [0.25, 0.3) is 0 Å². The summed E-state index contributed by atoms with van der Waals surface area (Å²) in [7, 11) is 0. The summed E-state index contributed by atoms with van der Waals surface area (Å²) < 4.78 is 0. The van der Waals surface area contributed by atoms with E-state index >= 15 is 0 Å². The van der Waals surface area contributed by atoms with Gasteiger partial charge in [0.15, 0.2) is 0 Å². The molecular weight excluding hydrogens is 256 g/mol. The van der Waals surface area contributed by atoms with Gasteiger partial charge < -0.3 is 25.1 Å². The van der Waals surface area contributed by atoms with Gasteiger partial charge in [0.1, 0.15) is 0 Å². The number of hydrogen-bond donors (Lipinski definition) is 4. The Morgan fingerprint density at radius 2 is 1.79 bits per heavy atom. The Hall–Kier alpha value is -2.32. The Kier molecular flexibility index (Phi) is 7.66. The van der Waals surface area contributed by atoms with Crippen molar-refractivity contribution < 1.29 is 29.6 Å². The SMILES string of the molecule is NC(N)=[NH+]CCC[C@H](NC(=O)CCC(=O)[O-])C(=O)[O-]. The first-order valence-corrected chi connectivity index (χ1v) is 5.64. The van der Waals surface area contributed by atoms with Crippen molar-refractivity contribution in [2.45, 2.75) is 31.7 Å². The lowest BCUT2D eigenvalue weighted by Gasteiger charge is -2.19. The van der Waals surface area contributed by atoms with Crippen molar-refractivity contribution in [2.24, 2.45) is 11.5 Å². The molecule has 0 radical (unpaired) electrons. The maximum Gasteiger partial charge on any atom is 0.338 e. The van der Waals surface area contributed by atoms with E-state index in [4.69, 9.17) is 11.5 Å². The van der Waals surface area contributed by atoms with Crippen LogP contribution in [0.5, 0.6) is 0 Å². The summed E-state index contributed by atoms with van der Waals surface area (Å²) in [6, 6.07) is -1.19. The van der Waals surface area contributed by atoms with E-state index < -0.39 is 30.3 Å². The molecule has 9 heteroatoms. The molecule has 0 aliphatic heterocycles. The molecule has 19 heavy (non-hydrogen) atoms. The van der Waals surface area contributed by atoms with E-state index in [9.17, 15) is 24.6 Å². The van der Waals surface area contributed by atoms with E-state index in [-0.39, 0.29) is 18.8 Å². The van der Waals surface area contributed by atoms with Crippen LogP contribution in [0.2, 0.25) is 0 Å². The quantitative estimate of drug-likeness (QED) is 0.183. The molecule has 0 rings (SSSR count). The topological polar surface area (TPSA) is 175 Å². The van der Waals surface area contributed by atoms with Gasteiger partial charge in [-0.1, -0.05) is 0 Å². The van der Waals surface area contributed by atoms with Crippen molar-refractivity contribution in [3.05, 3.63) is 0 Å². The van der Waals surface area contributed by atoms with Crippen molar-refractivity contribution in [3.63, 3.8) is 0 Å². The van der Waals surface area contributed by atoms with E-state index in [0.29, 0.717) is 13.0 Å². The molecule has 0 saturated heterocycles. The number of aliphatic carboxylic acids is 2. The van der Waals surface area contributed by atoms with Gasteiger partial charge in [-0.05, 0) is 19.3 Å². The van der Waals surface area contributed by atoms with Crippen LogP contribution in [0.3, 0.4) is 0 Å². The summed E-state index contributed by atoms with van der Waals surface area (Å²) in [6.07, 6.45) is -0.309. The number of carboxylic acid groups (broad SMARTS) is 2. The molecule has 1 amide bonds. The molecule has 1 atom stereocenters. The highest BCUT2D eigenvalue weighted by Crippen LogP contribution is 1.97. The number of nitrogens with two attached hydrogens (primary N) is 2. The first-order valence-electron chi connectivity index (χ1n) is 5.64. The molecule has 0 fully saturated rings. The van der Waals surface area contributed by atoms with Gasteiger partial charge in [-0.15, -0.1) is 0 Å². The highest BCUT2D eigenvalue weighted by atomic mass is 16.4. The van der Waals surface area contributed by atoms with Crippen LogP contribution in [0.25, 0.3) is 0 Å². The van der Waals surface area contributed by atoms with Gasteiger partial charge >= 0.3 is 5.96 Å². The molecule has 0 spiro atoms. The fourth-order valence-electron chi connectivity index (χ4n) is 1.27. The van der Waals surface area contributed by atoms with Crippen LogP contribution in [-0.2, 0) is 14.4 Å². The van der Waals surface area contributed by atoms with E-state index in [2.05, 4.69) is 10.3 Å². The van der Waals surface area contributed by atoms with Gasteiger partial charge in [-0.25, -0.2) is 0 Å². The number of rotatable bonds is 9. The summed E-state index contributed by atoms with van der Waals surface area (Å²) in [4.78, 5) is 34.8. The summed E-state index contributed by atoms with van der Waals surface area (Å²) in [5, 5.41) is 23.1. The van der Waals surface area contributed by atoms with Crippen LogP contribution in [0.15, 0.2) is 0 Å². The molecule has 0 aliphatic rings. The summed E-state index contributed by atoms with van der Waals surface area (Å²) in [5.74, 6) is -3.48. The van der Waals surface area contributed by atoms with Crippen molar-refractivity contribution in [3.8, 4) is 0 Å². The van der Waals surface area contributed by atoms with Crippen molar-refractivity contribution in [2.75, 3.05) is 6.54 Å². The van der Waals surface area contributed by atoms with Crippen LogP contribution in [0.1, 0.15) is 25.7 Å². The minimum absolute atomic E-state index is 0.0167. The maximum absolute atomic E-state index is 11.3. The third-order valence-electron chi connectivity index (χ3n) is 2.17. The predicted molar refractivity (Wildman–Crippen MR) is 59.6 cm³/mol. The first kappa shape index (κ1) is 16.7. The second kappa shape index (κ2) is 8.72. The second-order valence-electron chi connectivity index (χ2n) is 3.84. The predicted octanol–water partition coefficient (Wildman–Crippen LogP) is -6.11. The minimum Gasteiger partial charge on any atom is -0.550 e. The maximum atomic E-state index is 11.3. The lowest BCUT2D eigenvalue weighted by atomic mass is 10.1. The standard InChI is InChI=1S/C10H18N4O5/c11-10(12)13-5-1-2-6(9(18)19)14-7(15)3-4-8(16)17/h6H,1-5H2,(H,14,15)(H,16,17)(H,18,19)(H4,11,12,13)/p-1/t6-/m0/s1. The number of carbonyl (C=O) groups is 3.